The highest BCUT2D eigenvalue weighted by molar-refractivity contribution is 5.88. The number of methoxy groups -OCH3 is 1. The highest BCUT2D eigenvalue weighted by atomic mass is 16.5. The number of benzene rings is 1. The zero-order valence-corrected chi connectivity index (χ0v) is 18.6. The number of nitrogens with zero attached hydrogens (tertiary/aromatic N) is 5. The molecule has 34 heavy (non-hydrogen) atoms. The summed E-state index contributed by atoms with van der Waals surface area (Å²) in [5.74, 6) is -0.224. The summed E-state index contributed by atoms with van der Waals surface area (Å²) in [5, 5.41) is 6.96. The van der Waals surface area contributed by atoms with E-state index >= 15 is 0 Å². The second kappa shape index (κ2) is 8.91. The van der Waals surface area contributed by atoms with Crippen LogP contribution in [0, 0.1) is 0 Å². The number of hydrogen-bond acceptors (Lipinski definition) is 8. The number of aromatic nitrogens is 5. The number of allylic oxidation sites excluding steroid dienone is 1. The fourth-order valence-electron chi connectivity index (χ4n) is 4.09. The molecule has 10 heteroatoms. The Morgan fingerprint density at radius 2 is 2.15 bits per heavy atom. The Labute approximate surface area is 194 Å². The van der Waals surface area contributed by atoms with Gasteiger partial charge in [-0.25, -0.2) is 24.1 Å². The largest absolute Gasteiger partial charge is 0.464 e. The van der Waals surface area contributed by atoms with Crippen LogP contribution in [0.4, 0.5) is 11.6 Å². The molecule has 0 spiro atoms. The van der Waals surface area contributed by atoms with Crippen LogP contribution in [0.15, 0.2) is 60.2 Å². The van der Waals surface area contributed by atoms with E-state index in [1.165, 1.54) is 35.3 Å². The van der Waals surface area contributed by atoms with Gasteiger partial charge < -0.3 is 15.4 Å². The maximum Gasteiger partial charge on any atom is 0.356 e. The topological polar surface area (TPSA) is 116 Å². The van der Waals surface area contributed by atoms with E-state index in [0.717, 1.165) is 25.2 Å². The minimum absolute atomic E-state index is 0.120. The van der Waals surface area contributed by atoms with Crippen molar-refractivity contribution in [2.75, 3.05) is 19.0 Å². The molecule has 0 saturated carbocycles. The van der Waals surface area contributed by atoms with Gasteiger partial charge in [0.25, 0.3) is 5.56 Å². The van der Waals surface area contributed by atoms with E-state index in [1.54, 1.807) is 22.9 Å². The Bertz CT molecular complexity index is 1470. The predicted molar refractivity (Wildman–Crippen MR) is 128 cm³/mol. The van der Waals surface area contributed by atoms with Crippen LogP contribution < -0.4 is 16.2 Å². The Morgan fingerprint density at radius 3 is 2.97 bits per heavy atom. The van der Waals surface area contributed by atoms with Crippen molar-refractivity contribution < 1.29 is 9.53 Å². The van der Waals surface area contributed by atoms with Gasteiger partial charge in [-0.15, -0.1) is 6.58 Å². The summed E-state index contributed by atoms with van der Waals surface area (Å²) in [5.41, 5.74) is 4.21. The summed E-state index contributed by atoms with van der Waals surface area (Å²) < 4.78 is 7.91. The lowest BCUT2D eigenvalue weighted by Gasteiger charge is -2.18. The van der Waals surface area contributed by atoms with E-state index in [0.29, 0.717) is 22.7 Å². The Hall–Kier alpha value is -4.31. The van der Waals surface area contributed by atoms with Gasteiger partial charge in [-0.2, -0.15) is 4.98 Å². The van der Waals surface area contributed by atoms with E-state index in [4.69, 9.17) is 4.74 Å². The van der Waals surface area contributed by atoms with E-state index < -0.39 is 5.97 Å². The third-order valence-electron chi connectivity index (χ3n) is 5.71. The van der Waals surface area contributed by atoms with Crippen molar-refractivity contribution in [1.29, 1.82) is 0 Å². The third kappa shape index (κ3) is 3.84. The molecule has 1 aliphatic rings. The highest BCUT2D eigenvalue weighted by Gasteiger charge is 2.19. The molecule has 3 aromatic heterocycles. The van der Waals surface area contributed by atoms with Crippen molar-refractivity contribution in [3.63, 3.8) is 0 Å². The van der Waals surface area contributed by atoms with E-state index in [1.807, 2.05) is 6.07 Å². The molecule has 0 fully saturated rings. The lowest BCUT2D eigenvalue weighted by molar-refractivity contribution is 0.0594. The second-order valence-corrected chi connectivity index (χ2v) is 7.84. The second-order valence-electron chi connectivity index (χ2n) is 7.84. The van der Waals surface area contributed by atoms with Gasteiger partial charge in [0.2, 0.25) is 5.95 Å². The molecule has 4 heterocycles. The van der Waals surface area contributed by atoms with Gasteiger partial charge in [0.1, 0.15) is 11.1 Å². The standard InChI is InChI=1S/C24H23N7O3/c1-3-10-30-22(32)19-14-27-24(28-17-5-4-15-6-8-25-13-16(15)11-17)29-21(19)31(30)18-7-9-26-20(12-18)23(33)34-2/h3-5,7,9,11-12,14,25H,1,6,8,10,13H2,2H3,(H,27,28,29). The molecule has 0 radical (unpaired) electrons. The first-order valence-electron chi connectivity index (χ1n) is 10.8. The Morgan fingerprint density at radius 1 is 1.26 bits per heavy atom. The van der Waals surface area contributed by atoms with Gasteiger partial charge in [0, 0.05) is 24.6 Å². The lowest BCUT2D eigenvalue weighted by Crippen LogP contribution is -2.23. The number of ether oxygens (including phenoxy) is 1. The van der Waals surface area contributed by atoms with Crippen LogP contribution in [-0.2, 0) is 24.2 Å². The molecule has 2 N–H and O–H groups in total. The summed E-state index contributed by atoms with van der Waals surface area (Å²) in [6.07, 6.45) is 5.61. The van der Waals surface area contributed by atoms with Crippen molar-refractivity contribution in [3.05, 3.63) is 82.6 Å². The summed E-state index contributed by atoms with van der Waals surface area (Å²) in [7, 11) is 1.29. The van der Waals surface area contributed by atoms with Crippen LogP contribution >= 0.6 is 0 Å². The first-order valence-corrected chi connectivity index (χ1v) is 10.8. The fourth-order valence-corrected chi connectivity index (χ4v) is 4.09. The van der Waals surface area contributed by atoms with E-state index in [9.17, 15) is 9.59 Å². The maximum atomic E-state index is 13.1. The van der Waals surface area contributed by atoms with E-state index in [-0.39, 0.29) is 17.8 Å². The fraction of sp³-hybridized carbons (Fsp3) is 0.208. The lowest BCUT2D eigenvalue weighted by atomic mass is 10.0. The zero-order chi connectivity index (χ0) is 23.7. The van der Waals surface area contributed by atoms with E-state index in [2.05, 4.69) is 44.3 Å². The van der Waals surface area contributed by atoms with Gasteiger partial charge in [0.05, 0.1) is 19.3 Å². The molecule has 0 aliphatic carbocycles. The number of hydrogen-bond donors (Lipinski definition) is 2. The first-order chi connectivity index (χ1) is 16.6. The molecule has 0 atom stereocenters. The van der Waals surface area contributed by atoms with Crippen LogP contribution in [-0.4, -0.2) is 43.9 Å². The quantitative estimate of drug-likeness (QED) is 0.335. The molecule has 4 aromatic rings. The van der Waals surface area contributed by atoms with Crippen molar-refractivity contribution >= 4 is 28.6 Å². The Kier molecular flexibility index (Phi) is 5.64. The van der Waals surface area contributed by atoms with Crippen molar-refractivity contribution in [2.24, 2.45) is 0 Å². The third-order valence-corrected chi connectivity index (χ3v) is 5.71. The van der Waals surface area contributed by atoms with Crippen LogP contribution in [0.25, 0.3) is 16.7 Å². The monoisotopic (exact) mass is 457 g/mol. The zero-order valence-electron chi connectivity index (χ0n) is 18.6. The van der Waals surface area contributed by atoms with Crippen LogP contribution in [0.1, 0.15) is 21.6 Å². The van der Waals surface area contributed by atoms with Gasteiger partial charge in [-0.1, -0.05) is 12.1 Å². The molecular formula is C24H23N7O3. The van der Waals surface area contributed by atoms with Crippen LogP contribution in [0.2, 0.25) is 0 Å². The molecule has 0 saturated heterocycles. The SMILES string of the molecule is C=CCn1c(=O)c2cnc(Nc3ccc4c(c3)CNCC4)nc2n1-c1ccnc(C(=O)OC)c1. The molecule has 172 valence electrons. The molecule has 0 amide bonds. The average Bonchev–Trinajstić information content (AvgIpc) is 3.14. The molecule has 10 nitrogen and oxygen atoms in total. The summed E-state index contributed by atoms with van der Waals surface area (Å²) in [6.45, 7) is 5.79. The molecule has 1 aromatic carbocycles. The average molecular weight is 457 g/mol. The number of pyridine rings is 1. The number of carbonyl (C=O) groups excluding carboxylic acids is 1. The highest BCUT2D eigenvalue weighted by Crippen LogP contribution is 2.23. The number of esters is 1. The minimum Gasteiger partial charge on any atom is -0.464 e. The van der Waals surface area contributed by atoms with Crippen molar-refractivity contribution in [1.82, 2.24) is 29.6 Å². The van der Waals surface area contributed by atoms with Gasteiger partial charge in [-0.05, 0) is 48.4 Å². The number of fused-ring (bicyclic) bond motifs is 2. The van der Waals surface area contributed by atoms with Crippen LogP contribution in [0.5, 0.6) is 0 Å². The smallest absolute Gasteiger partial charge is 0.356 e. The van der Waals surface area contributed by atoms with Crippen molar-refractivity contribution in [2.45, 2.75) is 19.5 Å². The number of anilines is 2. The Balaban J connectivity index is 1.61. The summed E-state index contributed by atoms with van der Waals surface area (Å²) in [6, 6.07) is 9.43. The number of carbonyl (C=O) groups is 1. The van der Waals surface area contributed by atoms with Gasteiger partial charge in [0.15, 0.2) is 5.65 Å². The predicted octanol–water partition coefficient (Wildman–Crippen LogP) is 2.34. The van der Waals surface area contributed by atoms with Crippen molar-refractivity contribution in [3.8, 4) is 5.69 Å². The molecule has 0 unspecified atom stereocenters. The normalized spacial score (nSPS) is 12.9. The summed E-state index contributed by atoms with van der Waals surface area (Å²) in [4.78, 5) is 38.2. The van der Waals surface area contributed by atoms with Gasteiger partial charge in [-0.3, -0.25) is 4.79 Å². The minimum atomic E-state index is -0.574. The maximum absolute atomic E-state index is 13.1. The molecule has 0 bridgehead atoms. The number of rotatable bonds is 6. The number of nitrogens with one attached hydrogen (secondary N) is 2. The molecule has 1 aliphatic heterocycles. The molecular weight excluding hydrogens is 434 g/mol. The molecule has 5 rings (SSSR count). The first kappa shape index (κ1) is 21.5. The van der Waals surface area contributed by atoms with Crippen LogP contribution in [0.3, 0.4) is 0 Å². The van der Waals surface area contributed by atoms with Gasteiger partial charge >= 0.3 is 5.97 Å². The summed E-state index contributed by atoms with van der Waals surface area (Å²) >= 11 is 0.